The van der Waals surface area contributed by atoms with E-state index in [-0.39, 0.29) is 11.9 Å². The van der Waals surface area contributed by atoms with Crippen molar-refractivity contribution in [2.75, 3.05) is 50.1 Å². The minimum atomic E-state index is -0.553. The van der Waals surface area contributed by atoms with Gasteiger partial charge >= 0.3 is 6.03 Å². The molecule has 1 heterocycles. The highest BCUT2D eigenvalue weighted by molar-refractivity contribution is 6.05. The van der Waals surface area contributed by atoms with Gasteiger partial charge in [0.25, 0.3) is 5.91 Å². The van der Waals surface area contributed by atoms with Gasteiger partial charge in [0, 0.05) is 32.9 Å². The van der Waals surface area contributed by atoms with Gasteiger partial charge in [-0.2, -0.15) is 0 Å². The highest BCUT2D eigenvalue weighted by Crippen LogP contribution is 2.32. The van der Waals surface area contributed by atoms with E-state index in [1.54, 1.807) is 0 Å². The molecule has 206 valence electrons. The molecule has 0 spiro atoms. The van der Waals surface area contributed by atoms with Crippen molar-refractivity contribution < 1.29 is 9.59 Å². The summed E-state index contributed by atoms with van der Waals surface area (Å²) in [7, 11) is 3.86. The van der Waals surface area contributed by atoms with Crippen LogP contribution >= 0.6 is 0 Å². The SMILES string of the molecule is CCCN(C(N)=O)c1ccc(N(C)C)cc1C(=O)NCC1CCN(C(c2ccccc2)c2ccccc2)CC1. The topological polar surface area (TPSA) is 81.9 Å². The molecule has 4 rings (SSSR count). The van der Waals surface area contributed by atoms with Gasteiger partial charge in [-0.1, -0.05) is 67.6 Å². The summed E-state index contributed by atoms with van der Waals surface area (Å²) in [6.07, 6.45) is 2.75. The van der Waals surface area contributed by atoms with Crippen LogP contribution in [0.4, 0.5) is 16.2 Å². The van der Waals surface area contributed by atoms with E-state index < -0.39 is 6.03 Å². The largest absolute Gasteiger partial charge is 0.378 e. The predicted molar refractivity (Wildman–Crippen MR) is 159 cm³/mol. The van der Waals surface area contributed by atoms with E-state index in [1.165, 1.54) is 16.0 Å². The fourth-order valence-electron chi connectivity index (χ4n) is 5.42. The molecule has 1 fully saturated rings. The van der Waals surface area contributed by atoms with E-state index in [4.69, 9.17) is 5.73 Å². The number of likely N-dealkylation sites (tertiary alicyclic amines) is 1. The van der Waals surface area contributed by atoms with Crippen LogP contribution in [-0.4, -0.2) is 57.1 Å². The maximum absolute atomic E-state index is 13.4. The molecular weight excluding hydrogens is 486 g/mol. The van der Waals surface area contributed by atoms with E-state index >= 15 is 0 Å². The summed E-state index contributed by atoms with van der Waals surface area (Å²) < 4.78 is 0. The summed E-state index contributed by atoms with van der Waals surface area (Å²) in [6.45, 7) is 4.96. The van der Waals surface area contributed by atoms with Gasteiger partial charge in [-0.3, -0.25) is 14.6 Å². The average Bonchev–Trinajstić information content (AvgIpc) is 2.96. The van der Waals surface area contributed by atoms with E-state index in [0.717, 1.165) is 38.0 Å². The summed E-state index contributed by atoms with van der Waals surface area (Å²) in [4.78, 5) is 31.6. The molecular formula is C32H41N5O2. The van der Waals surface area contributed by atoms with Gasteiger partial charge in [0.1, 0.15) is 0 Å². The Morgan fingerprint density at radius 2 is 1.54 bits per heavy atom. The molecule has 0 saturated carbocycles. The summed E-state index contributed by atoms with van der Waals surface area (Å²) in [5, 5.41) is 3.16. The summed E-state index contributed by atoms with van der Waals surface area (Å²) in [6, 6.07) is 26.6. The average molecular weight is 528 g/mol. The molecule has 7 nitrogen and oxygen atoms in total. The van der Waals surface area contributed by atoms with Crippen molar-refractivity contribution >= 4 is 23.3 Å². The zero-order chi connectivity index (χ0) is 27.8. The van der Waals surface area contributed by atoms with Gasteiger partial charge < -0.3 is 16.0 Å². The number of hydrogen-bond acceptors (Lipinski definition) is 4. The fourth-order valence-corrected chi connectivity index (χ4v) is 5.42. The molecule has 3 N–H and O–H groups in total. The lowest BCUT2D eigenvalue weighted by Crippen LogP contribution is -2.41. The number of nitrogens with one attached hydrogen (secondary N) is 1. The molecule has 0 unspecified atom stereocenters. The number of urea groups is 1. The molecule has 3 aromatic carbocycles. The van der Waals surface area contributed by atoms with E-state index in [2.05, 4.69) is 70.9 Å². The lowest BCUT2D eigenvalue weighted by Gasteiger charge is -2.38. The number of anilines is 2. The second kappa shape index (κ2) is 13.3. The zero-order valence-corrected chi connectivity index (χ0v) is 23.3. The molecule has 3 amide bonds. The summed E-state index contributed by atoms with van der Waals surface area (Å²) in [5.74, 6) is 0.214. The van der Waals surface area contributed by atoms with E-state index in [9.17, 15) is 9.59 Å². The number of carbonyl (C=O) groups is 2. The Morgan fingerprint density at radius 1 is 0.949 bits per heavy atom. The normalized spacial score (nSPS) is 14.3. The monoisotopic (exact) mass is 527 g/mol. The molecule has 0 atom stereocenters. The smallest absolute Gasteiger partial charge is 0.319 e. The number of hydrogen-bond donors (Lipinski definition) is 2. The zero-order valence-electron chi connectivity index (χ0n) is 23.3. The number of primary amides is 1. The van der Waals surface area contributed by atoms with Gasteiger partial charge in [-0.15, -0.1) is 0 Å². The number of nitrogens with zero attached hydrogens (tertiary/aromatic N) is 3. The Bertz CT molecular complexity index is 1180. The highest BCUT2D eigenvalue weighted by Gasteiger charge is 2.28. The van der Waals surface area contributed by atoms with Crippen molar-refractivity contribution in [1.82, 2.24) is 10.2 Å². The minimum Gasteiger partial charge on any atom is -0.378 e. The van der Waals surface area contributed by atoms with Crippen molar-refractivity contribution in [2.45, 2.75) is 32.2 Å². The van der Waals surface area contributed by atoms with Crippen LogP contribution in [-0.2, 0) is 0 Å². The maximum Gasteiger partial charge on any atom is 0.319 e. The van der Waals surface area contributed by atoms with Gasteiger partial charge in [0.05, 0.1) is 17.3 Å². The Labute approximate surface area is 232 Å². The summed E-state index contributed by atoms with van der Waals surface area (Å²) >= 11 is 0. The van der Waals surface area contributed by atoms with Gasteiger partial charge in [0.15, 0.2) is 0 Å². The van der Waals surface area contributed by atoms with Gasteiger partial charge in [-0.25, -0.2) is 4.79 Å². The fraction of sp³-hybridized carbons (Fsp3) is 0.375. The number of rotatable bonds is 10. The maximum atomic E-state index is 13.4. The number of piperidine rings is 1. The molecule has 0 aromatic heterocycles. The number of benzene rings is 3. The van der Waals surface area contributed by atoms with E-state index in [0.29, 0.717) is 30.3 Å². The van der Waals surface area contributed by atoms with Crippen molar-refractivity contribution in [3.05, 3.63) is 95.6 Å². The Balaban J connectivity index is 1.44. The van der Waals surface area contributed by atoms with Crippen molar-refractivity contribution in [3.8, 4) is 0 Å². The Hall–Kier alpha value is -3.84. The lowest BCUT2D eigenvalue weighted by atomic mass is 9.91. The quantitative estimate of drug-likeness (QED) is 0.376. The number of carbonyl (C=O) groups excluding carboxylic acids is 2. The molecule has 0 radical (unpaired) electrons. The standard InChI is InChI=1S/C32H41N5O2/c1-4-19-37(32(33)39)29-16-15-27(35(2)3)22-28(29)31(38)34-23-24-17-20-36(21-18-24)30(25-11-7-5-8-12-25)26-13-9-6-10-14-26/h5-16,22,24,30H,4,17-21,23H2,1-3H3,(H2,33,39)(H,34,38). The third-order valence-corrected chi connectivity index (χ3v) is 7.54. The first-order valence-corrected chi connectivity index (χ1v) is 13.9. The first-order valence-electron chi connectivity index (χ1n) is 13.9. The van der Waals surface area contributed by atoms with Crippen LogP contribution in [0.25, 0.3) is 0 Å². The molecule has 1 aliphatic rings. The molecule has 39 heavy (non-hydrogen) atoms. The van der Waals surface area contributed by atoms with Crippen molar-refractivity contribution in [2.24, 2.45) is 11.7 Å². The van der Waals surface area contributed by atoms with Gasteiger partial charge in [0.2, 0.25) is 0 Å². The third-order valence-electron chi connectivity index (χ3n) is 7.54. The van der Waals surface area contributed by atoms with Crippen molar-refractivity contribution in [3.63, 3.8) is 0 Å². The number of nitrogens with two attached hydrogens (primary N) is 1. The third kappa shape index (κ3) is 6.98. The highest BCUT2D eigenvalue weighted by atomic mass is 16.2. The van der Waals surface area contributed by atoms with Crippen LogP contribution < -0.4 is 20.9 Å². The molecule has 0 bridgehead atoms. The van der Waals surface area contributed by atoms with Crippen LogP contribution in [0.15, 0.2) is 78.9 Å². The second-order valence-electron chi connectivity index (χ2n) is 10.5. The van der Waals surface area contributed by atoms with Crippen LogP contribution in [0.1, 0.15) is 53.7 Å². The minimum absolute atomic E-state index is 0.176. The predicted octanol–water partition coefficient (Wildman–Crippen LogP) is 5.28. The van der Waals surface area contributed by atoms with Gasteiger partial charge in [-0.05, 0) is 67.6 Å². The number of amides is 3. The summed E-state index contributed by atoms with van der Waals surface area (Å²) in [5.41, 5.74) is 10.2. The van der Waals surface area contributed by atoms with Crippen LogP contribution in [0, 0.1) is 5.92 Å². The lowest BCUT2D eigenvalue weighted by molar-refractivity contribution is 0.0931. The van der Waals surface area contributed by atoms with Crippen LogP contribution in [0.5, 0.6) is 0 Å². The van der Waals surface area contributed by atoms with Crippen LogP contribution in [0.2, 0.25) is 0 Å². The second-order valence-corrected chi connectivity index (χ2v) is 10.5. The Morgan fingerprint density at radius 3 is 2.05 bits per heavy atom. The molecule has 0 aliphatic carbocycles. The first kappa shape index (κ1) is 28.2. The molecule has 1 saturated heterocycles. The van der Waals surface area contributed by atoms with E-state index in [1.807, 2.05) is 44.1 Å². The molecule has 7 heteroatoms. The first-order chi connectivity index (χ1) is 18.9. The molecule has 3 aromatic rings. The van der Waals surface area contributed by atoms with Crippen molar-refractivity contribution in [1.29, 1.82) is 0 Å². The molecule has 1 aliphatic heterocycles. The Kier molecular flexibility index (Phi) is 9.60. The van der Waals surface area contributed by atoms with Crippen LogP contribution in [0.3, 0.4) is 0 Å².